The van der Waals surface area contributed by atoms with E-state index in [0.29, 0.717) is 5.56 Å². The van der Waals surface area contributed by atoms with Crippen LogP contribution in [-0.4, -0.2) is 22.9 Å². The first-order valence-electron chi connectivity index (χ1n) is 5.68. The van der Waals surface area contributed by atoms with Gasteiger partial charge < -0.3 is 14.5 Å². The highest BCUT2D eigenvalue weighted by Crippen LogP contribution is 2.17. The monoisotopic (exact) mass is 265 g/mol. The van der Waals surface area contributed by atoms with Crippen LogP contribution in [0.1, 0.15) is 12.8 Å². The maximum atomic E-state index is 12.8. The minimum Gasteiger partial charge on any atom is -0.450 e. The number of aromatic nitrogens is 2. The zero-order valence-corrected chi connectivity index (χ0v) is 10.2. The summed E-state index contributed by atoms with van der Waals surface area (Å²) < 4.78 is 22.8. The van der Waals surface area contributed by atoms with Crippen molar-refractivity contribution in [3.05, 3.63) is 36.0 Å². The Morgan fingerprint density at radius 2 is 2.11 bits per heavy atom. The molecule has 0 saturated heterocycles. The number of alkyl carbamates (subject to hydrolysis) is 1. The van der Waals surface area contributed by atoms with Crippen molar-refractivity contribution >= 4 is 6.09 Å². The minimum atomic E-state index is -0.552. The van der Waals surface area contributed by atoms with Crippen LogP contribution < -0.4 is 5.32 Å². The molecule has 0 fully saturated rings. The van der Waals surface area contributed by atoms with Crippen molar-refractivity contribution in [3.63, 3.8) is 0 Å². The second-order valence-corrected chi connectivity index (χ2v) is 3.58. The lowest BCUT2D eigenvalue weighted by molar-refractivity contribution is 0.150. The molecule has 7 heteroatoms. The van der Waals surface area contributed by atoms with E-state index >= 15 is 0 Å². The number of nitrogens with one attached hydrogen (secondary N) is 1. The number of carbonyl (C=O) groups excluding carboxylic acids is 1. The van der Waals surface area contributed by atoms with Crippen molar-refractivity contribution in [2.45, 2.75) is 13.5 Å². The average Bonchev–Trinajstić information content (AvgIpc) is 2.86. The zero-order chi connectivity index (χ0) is 13.7. The Morgan fingerprint density at radius 3 is 2.79 bits per heavy atom. The van der Waals surface area contributed by atoms with Gasteiger partial charge in [-0.2, -0.15) is 0 Å². The third kappa shape index (κ3) is 3.51. The van der Waals surface area contributed by atoms with Crippen LogP contribution in [0, 0.1) is 5.82 Å². The number of hydrogen-bond donors (Lipinski definition) is 1. The van der Waals surface area contributed by atoms with Gasteiger partial charge in [0, 0.05) is 5.56 Å². The molecule has 6 nitrogen and oxygen atoms in total. The van der Waals surface area contributed by atoms with Gasteiger partial charge >= 0.3 is 6.09 Å². The van der Waals surface area contributed by atoms with Crippen LogP contribution in [0.4, 0.5) is 9.18 Å². The molecule has 1 N–H and O–H groups in total. The molecule has 1 aromatic heterocycles. The van der Waals surface area contributed by atoms with E-state index in [4.69, 9.17) is 4.42 Å². The van der Waals surface area contributed by atoms with Crippen molar-refractivity contribution in [1.29, 1.82) is 0 Å². The van der Waals surface area contributed by atoms with Gasteiger partial charge in [0.1, 0.15) is 5.82 Å². The molecule has 1 aromatic carbocycles. The molecule has 2 aromatic rings. The Hall–Kier alpha value is -2.44. The van der Waals surface area contributed by atoms with Gasteiger partial charge in [0.2, 0.25) is 11.8 Å². The van der Waals surface area contributed by atoms with Crippen LogP contribution in [0.5, 0.6) is 0 Å². The quantitative estimate of drug-likeness (QED) is 0.916. The van der Waals surface area contributed by atoms with E-state index in [0.717, 1.165) is 0 Å². The molecule has 0 atom stereocenters. The van der Waals surface area contributed by atoms with E-state index < -0.39 is 6.09 Å². The number of ether oxygens (including phenoxy) is 1. The normalized spacial score (nSPS) is 10.2. The smallest absolute Gasteiger partial charge is 0.407 e. The van der Waals surface area contributed by atoms with E-state index in [-0.39, 0.29) is 30.8 Å². The van der Waals surface area contributed by atoms with Crippen LogP contribution in [0.25, 0.3) is 11.5 Å². The summed E-state index contributed by atoms with van der Waals surface area (Å²) >= 11 is 0. The maximum absolute atomic E-state index is 12.8. The number of halogens is 1. The van der Waals surface area contributed by atoms with E-state index in [1.165, 1.54) is 24.3 Å². The molecule has 1 heterocycles. The summed E-state index contributed by atoms with van der Waals surface area (Å²) in [6.45, 7) is 2.07. The molecule has 0 unspecified atom stereocenters. The van der Waals surface area contributed by atoms with Crippen molar-refractivity contribution < 1.29 is 18.3 Å². The van der Waals surface area contributed by atoms with Crippen LogP contribution in [0.15, 0.2) is 28.7 Å². The third-order valence-corrected chi connectivity index (χ3v) is 2.22. The molecule has 2 rings (SSSR count). The molecule has 19 heavy (non-hydrogen) atoms. The molecule has 0 radical (unpaired) electrons. The summed E-state index contributed by atoms with van der Waals surface area (Å²) in [4.78, 5) is 11.1. The van der Waals surface area contributed by atoms with Gasteiger partial charge in [-0.1, -0.05) is 0 Å². The van der Waals surface area contributed by atoms with Crippen LogP contribution in [-0.2, 0) is 11.3 Å². The summed E-state index contributed by atoms with van der Waals surface area (Å²) in [5, 5.41) is 10.0. The molecule has 100 valence electrons. The number of benzene rings is 1. The Labute approximate surface area is 108 Å². The fraction of sp³-hybridized carbons (Fsp3) is 0.250. The van der Waals surface area contributed by atoms with Gasteiger partial charge in [-0.05, 0) is 31.2 Å². The van der Waals surface area contributed by atoms with Gasteiger partial charge in [-0.25, -0.2) is 9.18 Å². The maximum Gasteiger partial charge on any atom is 0.407 e. The number of hydrogen-bond acceptors (Lipinski definition) is 5. The Morgan fingerprint density at radius 1 is 1.37 bits per heavy atom. The molecule has 0 aliphatic heterocycles. The Bertz CT molecular complexity index is 554. The Kier molecular flexibility index (Phi) is 4.07. The summed E-state index contributed by atoms with van der Waals surface area (Å²) in [7, 11) is 0. The van der Waals surface area contributed by atoms with Crippen LogP contribution >= 0.6 is 0 Å². The largest absolute Gasteiger partial charge is 0.450 e. The van der Waals surface area contributed by atoms with Crippen molar-refractivity contribution in [1.82, 2.24) is 15.5 Å². The SMILES string of the molecule is CCOC(=O)NCc1nnc(-c2ccc(F)cc2)o1. The lowest BCUT2D eigenvalue weighted by atomic mass is 10.2. The highest BCUT2D eigenvalue weighted by molar-refractivity contribution is 5.66. The number of nitrogens with zero attached hydrogens (tertiary/aromatic N) is 2. The van der Waals surface area contributed by atoms with Gasteiger partial charge in [0.05, 0.1) is 13.2 Å². The molecule has 0 spiro atoms. The summed E-state index contributed by atoms with van der Waals surface area (Å²) in [5.41, 5.74) is 0.608. The molecule has 0 saturated carbocycles. The van der Waals surface area contributed by atoms with Gasteiger partial charge in [-0.15, -0.1) is 10.2 Å². The summed E-state index contributed by atoms with van der Waals surface area (Å²) in [6.07, 6.45) is -0.552. The number of amides is 1. The van der Waals surface area contributed by atoms with E-state index in [9.17, 15) is 9.18 Å². The van der Waals surface area contributed by atoms with Crippen LogP contribution in [0.2, 0.25) is 0 Å². The van der Waals surface area contributed by atoms with E-state index in [2.05, 4.69) is 20.3 Å². The molecule has 1 amide bonds. The second kappa shape index (κ2) is 5.94. The van der Waals surface area contributed by atoms with Gasteiger partial charge in [-0.3, -0.25) is 0 Å². The fourth-order valence-electron chi connectivity index (χ4n) is 1.36. The van der Waals surface area contributed by atoms with Crippen molar-refractivity contribution in [2.24, 2.45) is 0 Å². The molecule has 0 aliphatic rings. The minimum absolute atomic E-state index is 0.0764. The number of carbonyl (C=O) groups is 1. The van der Waals surface area contributed by atoms with Crippen molar-refractivity contribution in [3.8, 4) is 11.5 Å². The zero-order valence-electron chi connectivity index (χ0n) is 10.2. The lowest BCUT2D eigenvalue weighted by Crippen LogP contribution is -2.23. The molecular weight excluding hydrogens is 253 g/mol. The van der Waals surface area contributed by atoms with E-state index in [1.807, 2.05) is 0 Å². The van der Waals surface area contributed by atoms with E-state index in [1.54, 1.807) is 6.92 Å². The Balaban J connectivity index is 1.99. The highest BCUT2D eigenvalue weighted by Gasteiger charge is 2.09. The lowest BCUT2D eigenvalue weighted by Gasteiger charge is -2.01. The van der Waals surface area contributed by atoms with Gasteiger partial charge in [0.25, 0.3) is 0 Å². The first-order valence-corrected chi connectivity index (χ1v) is 5.68. The predicted octanol–water partition coefficient (Wildman–Crippen LogP) is 2.12. The van der Waals surface area contributed by atoms with Gasteiger partial charge in [0.15, 0.2) is 0 Å². The second-order valence-electron chi connectivity index (χ2n) is 3.58. The summed E-state index contributed by atoms with van der Waals surface area (Å²) in [6, 6.07) is 5.67. The fourth-order valence-corrected chi connectivity index (χ4v) is 1.36. The molecule has 0 aliphatic carbocycles. The highest BCUT2D eigenvalue weighted by atomic mass is 19.1. The number of rotatable bonds is 4. The standard InChI is InChI=1S/C12H12FN3O3/c1-2-18-12(17)14-7-10-15-16-11(19-10)8-3-5-9(13)6-4-8/h3-6H,2,7H2,1H3,(H,14,17). The topological polar surface area (TPSA) is 77.2 Å². The first-order chi connectivity index (χ1) is 9.19. The summed E-state index contributed by atoms with van der Waals surface area (Å²) in [5.74, 6) is 0.167. The van der Waals surface area contributed by atoms with Crippen molar-refractivity contribution in [2.75, 3.05) is 6.61 Å². The first kappa shape index (κ1) is 13.0. The third-order valence-electron chi connectivity index (χ3n) is 2.22. The molecule has 0 bridgehead atoms. The molecular formula is C12H12FN3O3. The predicted molar refractivity (Wildman–Crippen MR) is 63.6 cm³/mol. The average molecular weight is 265 g/mol. The van der Waals surface area contributed by atoms with Crippen LogP contribution in [0.3, 0.4) is 0 Å².